The van der Waals surface area contributed by atoms with Crippen LogP contribution in [0, 0.1) is 17.8 Å². The molecule has 1 heterocycles. The highest BCUT2D eigenvalue weighted by atomic mass is 32.2. The lowest BCUT2D eigenvalue weighted by atomic mass is 9.53. The Labute approximate surface area is 188 Å². The van der Waals surface area contributed by atoms with E-state index in [4.69, 9.17) is 9.47 Å². The second kappa shape index (κ2) is 8.43. The van der Waals surface area contributed by atoms with E-state index in [9.17, 15) is 18.0 Å². The van der Waals surface area contributed by atoms with E-state index < -0.39 is 16.0 Å². The summed E-state index contributed by atoms with van der Waals surface area (Å²) in [4.78, 5) is 25.2. The van der Waals surface area contributed by atoms with Gasteiger partial charge in [0, 0.05) is 18.6 Å². The average molecular weight is 463 g/mol. The SMILES string of the molecule is O=C(COC(=O)c1cccc(S(=O)(=O)N2CCOCC2)c1)NC12CC3CC(CC(C3)C1)C2. The van der Waals surface area contributed by atoms with Crippen LogP contribution in [0.25, 0.3) is 0 Å². The van der Waals surface area contributed by atoms with Crippen LogP contribution in [0.4, 0.5) is 0 Å². The molecule has 0 unspecified atom stereocenters. The molecule has 1 aliphatic heterocycles. The molecule has 4 bridgehead atoms. The Balaban J connectivity index is 1.19. The molecule has 6 rings (SSSR count). The maximum absolute atomic E-state index is 12.8. The summed E-state index contributed by atoms with van der Waals surface area (Å²) in [6, 6.07) is 5.78. The van der Waals surface area contributed by atoms with Crippen molar-refractivity contribution in [2.75, 3.05) is 32.9 Å². The van der Waals surface area contributed by atoms with Crippen molar-refractivity contribution in [2.45, 2.75) is 49.0 Å². The molecule has 0 atom stereocenters. The Hall–Kier alpha value is -1.97. The first-order valence-corrected chi connectivity index (χ1v) is 12.9. The molecule has 174 valence electrons. The molecule has 1 amide bonds. The number of rotatable bonds is 6. The lowest BCUT2D eigenvalue weighted by Gasteiger charge is -2.56. The van der Waals surface area contributed by atoms with Crippen LogP contribution in [-0.2, 0) is 24.3 Å². The molecule has 1 N–H and O–H groups in total. The maximum atomic E-state index is 12.8. The van der Waals surface area contributed by atoms with Crippen molar-refractivity contribution in [1.82, 2.24) is 9.62 Å². The first-order valence-electron chi connectivity index (χ1n) is 11.5. The molecule has 32 heavy (non-hydrogen) atoms. The highest BCUT2D eigenvalue weighted by Crippen LogP contribution is 2.55. The molecule has 4 saturated carbocycles. The third-order valence-corrected chi connectivity index (χ3v) is 9.35. The molecule has 1 aromatic carbocycles. The standard InChI is InChI=1S/C23H30N2O6S/c26-21(24-23-12-16-8-17(13-23)10-18(9-16)14-23)15-31-22(27)19-2-1-3-20(11-19)32(28,29)25-4-6-30-7-5-25/h1-3,11,16-18H,4-10,12-15H2,(H,24,26). The van der Waals surface area contributed by atoms with E-state index in [0.717, 1.165) is 19.3 Å². The van der Waals surface area contributed by atoms with E-state index >= 15 is 0 Å². The van der Waals surface area contributed by atoms with E-state index in [1.165, 1.54) is 47.8 Å². The van der Waals surface area contributed by atoms with Gasteiger partial charge in [0.25, 0.3) is 5.91 Å². The lowest BCUT2D eigenvalue weighted by Crippen LogP contribution is -2.60. The number of hydrogen-bond acceptors (Lipinski definition) is 6. The number of carbonyl (C=O) groups is 2. The number of carbonyl (C=O) groups excluding carboxylic acids is 2. The number of sulfonamides is 1. The first kappa shape index (κ1) is 21.9. The van der Waals surface area contributed by atoms with E-state index in [0.29, 0.717) is 31.0 Å². The molecule has 8 nitrogen and oxygen atoms in total. The van der Waals surface area contributed by atoms with Crippen LogP contribution >= 0.6 is 0 Å². The minimum atomic E-state index is -3.71. The Bertz CT molecular complexity index is 966. The monoisotopic (exact) mass is 462 g/mol. The summed E-state index contributed by atoms with van der Waals surface area (Å²) < 4.78 is 37.5. The van der Waals surface area contributed by atoms with Gasteiger partial charge < -0.3 is 14.8 Å². The zero-order valence-electron chi connectivity index (χ0n) is 18.1. The van der Waals surface area contributed by atoms with Crippen LogP contribution in [0.2, 0.25) is 0 Å². The number of nitrogens with one attached hydrogen (secondary N) is 1. The molecule has 0 aromatic heterocycles. The molecule has 1 saturated heterocycles. The minimum Gasteiger partial charge on any atom is -0.452 e. The van der Waals surface area contributed by atoms with Crippen molar-refractivity contribution in [3.63, 3.8) is 0 Å². The summed E-state index contributed by atoms with van der Waals surface area (Å²) in [5.41, 5.74) is -0.0216. The predicted molar refractivity (Wildman–Crippen MR) is 115 cm³/mol. The number of hydrogen-bond donors (Lipinski definition) is 1. The van der Waals surface area contributed by atoms with Gasteiger partial charge in [-0.3, -0.25) is 4.79 Å². The number of esters is 1. The minimum absolute atomic E-state index is 0.0341. The molecule has 9 heteroatoms. The number of morpholine rings is 1. The van der Waals surface area contributed by atoms with Crippen LogP contribution in [0.15, 0.2) is 29.2 Å². The van der Waals surface area contributed by atoms with Gasteiger partial charge in [-0.15, -0.1) is 0 Å². The molecule has 0 radical (unpaired) electrons. The number of benzene rings is 1. The highest BCUT2D eigenvalue weighted by molar-refractivity contribution is 7.89. The van der Waals surface area contributed by atoms with Crippen molar-refractivity contribution in [2.24, 2.45) is 17.8 Å². The third kappa shape index (κ3) is 4.30. The summed E-state index contributed by atoms with van der Waals surface area (Å²) >= 11 is 0. The smallest absolute Gasteiger partial charge is 0.338 e. The molecule has 5 fully saturated rings. The quantitative estimate of drug-likeness (QED) is 0.649. The average Bonchev–Trinajstić information content (AvgIpc) is 2.77. The highest BCUT2D eigenvalue weighted by Gasteiger charge is 2.51. The van der Waals surface area contributed by atoms with E-state index in [-0.39, 0.29) is 41.6 Å². The third-order valence-electron chi connectivity index (χ3n) is 7.45. The van der Waals surface area contributed by atoms with E-state index in [1.807, 2.05) is 0 Å². The van der Waals surface area contributed by atoms with Crippen LogP contribution in [-0.4, -0.2) is 63.0 Å². The summed E-state index contributed by atoms with van der Waals surface area (Å²) in [7, 11) is -3.71. The van der Waals surface area contributed by atoms with Crippen molar-refractivity contribution < 1.29 is 27.5 Å². The second-order valence-corrected chi connectivity index (χ2v) is 11.8. The summed E-state index contributed by atoms with van der Waals surface area (Å²) in [5.74, 6) is 1.14. The zero-order chi connectivity index (χ0) is 22.3. The largest absolute Gasteiger partial charge is 0.452 e. The lowest BCUT2D eigenvalue weighted by molar-refractivity contribution is -0.130. The Morgan fingerprint density at radius 1 is 1.06 bits per heavy atom. The van der Waals surface area contributed by atoms with Gasteiger partial charge in [0.2, 0.25) is 10.0 Å². The first-order chi connectivity index (χ1) is 15.3. The van der Waals surface area contributed by atoms with Crippen molar-refractivity contribution in [3.05, 3.63) is 29.8 Å². The molecule has 4 aliphatic carbocycles. The second-order valence-electron chi connectivity index (χ2n) is 9.87. The van der Waals surface area contributed by atoms with Gasteiger partial charge in [-0.25, -0.2) is 13.2 Å². The summed E-state index contributed by atoms with van der Waals surface area (Å²) in [5, 5.41) is 3.18. The summed E-state index contributed by atoms with van der Waals surface area (Å²) in [6.07, 6.45) is 6.94. The molecule has 0 spiro atoms. The fourth-order valence-corrected chi connectivity index (χ4v) is 7.98. The van der Waals surface area contributed by atoms with Crippen LogP contribution < -0.4 is 5.32 Å². The van der Waals surface area contributed by atoms with Crippen LogP contribution in [0.5, 0.6) is 0 Å². The van der Waals surface area contributed by atoms with Gasteiger partial charge in [-0.1, -0.05) is 6.07 Å². The van der Waals surface area contributed by atoms with Crippen molar-refractivity contribution in [3.8, 4) is 0 Å². The van der Waals surface area contributed by atoms with Gasteiger partial charge in [0.15, 0.2) is 6.61 Å². The Morgan fingerprint density at radius 3 is 2.31 bits per heavy atom. The fourth-order valence-electron chi connectivity index (χ4n) is 6.53. The molecule has 5 aliphatic rings. The van der Waals surface area contributed by atoms with Gasteiger partial charge >= 0.3 is 5.97 Å². The van der Waals surface area contributed by atoms with E-state index in [2.05, 4.69) is 5.32 Å². The zero-order valence-corrected chi connectivity index (χ0v) is 18.9. The van der Waals surface area contributed by atoms with Gasteiger partial charge in [0.05, 0.1) is 23.7 Å². The fraction of sp³-hybridized carbons (Fsp3) is 0.652. The molecule has 1 aromatic rings. The Morgan fingerprint density at radius 2 is 1.69 bits per heavy atom. The number of amides is 1. The predicted octanol–water partition coefficient (Wildman–Crippen LogP) is 1.95. The number of ether oxygens (including phenoxy) is 2. The Kier molecular flexibility index (Phi) is 5.75. The molecular formula is C23H30N2O6S. The van der Waals surface area contributed by atoms with Crippen LogP contribution in [0.3, 0.4) is 0 Å². The maximum Gasteiger partial charge on any atom is 0.338 e. The molecular weight excluding hydrogens is 432 g/mol. The van der Waals surface area contributed by atoms with Gasteiger partial charge in [-0.05, 0) is 74.5 Å². The topological polar surface area (TPSA) is 102 Å². The summed E-state index contributed by atoms with van der Waals surface area (Å²) in [6.45, 7) is 0.892. The van der Waals surface area contributed by atoms with E-state index in [1.54, 1.807) is 0 Å². The normalized spacial score (nSPS) is 31.9. The van der Waals surface area contributed by atoms with Gasteiger partial charge in [-0.2, -0.15) is 4.31 Å². The van der Waals surface area contributed by atoms with Crippen molar-refractivity contribution in [1.29, 1.82) is 0 Å². The van der Waals surface area contributed by atoms with Crippen LogP contribution in [0.1, 0.15) is 48.9 Å². The number of nitrogens with zero attached hydrogens (tertiary/aromatic N) is 1. The van der Waals surface area contributed by atoms with Gasteiger partial charge in [0.1, 0.15) is 0 Å². The van der Waals surface area contributed by atoms with Crippen molar-refractivity contribution >= 4 is 21.9 Å².